The quantitative estimate of drug-likeness (QED) is 0.591. The second-order valence-corrected chi connectivity index (χ2v) is 7.45. The Morgan fingerprint density at radius 1 is 1.07 bits per heavy atom. The molecule has 4 nitrogen and oxygen atoms in total. The van der Waals surface area contributed by atoms with Crippen LogP contribution >= 0.6 is 11.8 Å². The zero-order chi connectivity index (χ0) is 18.5. The van der Waals surface area contributed by atoms with Gasteiger partial charge in [0.25, 0.3) is 0 Å². The van der Waals surface area contributed by atoms with Gasteiger partial charge in [0.15, 0.2) is 6.29 Å². The van der Waals surface area contributed by atoms with Gasteiger partial charge in [-0.3, -0.25) is 4.98 Å². The van der Waals surface area contributed by atoms with Gasteiger partial charge in [-0.05, 0) is 42.8 Å². The summed E-state index contributed by atoms with van der Waals surface area (Å²) in [4.78, 5) is 6.40. The van der Waals surface area contributed by atoms with Crippen LogP contribution < -0.4 is 4.74 Å². The first kappa shape index (κ1) is 18.0. The van der Waals surface area contributed by atoms with Crippen LogP contribution in [0.2, 0.25) is 0 Å². The van der Waals surface area contributed by atoms with E-state index in [1.807, 2.05) is 24.4 Å². The van der Waals surface area contributed by atoms with Crippen molar-refractivity contribution in [3.63, 3.8) is 0 Å². The van der Waals surface area contributed by atoms with Crippen LogP contribution in [-0.2, 0) is 16.1 Å². The van der Waals surface area contributed by atoms with Crippen molar-refractivity contribution >= 4 is 11.8 Å². The van der Waals surface area contributed by atoms with Gasteiger partial charge in [-0.15, -0.1) is 0 Å². The Labute approximate surface area is 163 Å². The molecule has 0 amide bonds. The largest absolute Gasteiger partial charge is 0.489 e. The lowest BCUT2D eigenvalue weighted by Crippen LogP contribution is -2.00. The molecule has 0 bridgehead atoms. The highest BCUT2D eigenvalue weighted by molar-refractivity contribution is 7.99. The highest BCUT2D eigenvalue weighted by Gasteiger charge is 2.21. The van der Waals surface area contributed by atoms with Crippen LogP contribution in [0.3, 0.4) is 0 Å². The highest BCUT2D eigenvalue weighted by Crippen LogP contribution is 2.36. The smallest absolute Gasteiger partial charge is 0.185 e. The third-order valence-corrected chi connectivity index (χ3v) is 5.30. The van der Waals surface area contributed by atoms with E-state index >= 15 is 0 Å². The fraction of sp³-hybridized carbons (Fsp3) is 0.227. The van der Waals surface area contributed by atoms with Crippen molar-refractivity contribution in [1.82, 2.24) is 4.98 Å². The Bertz CT molecular complexity index is 892. The van der Waals surface area contributed by atoms with E-state index in [0.717, 1.165) is 21.1 Å². The molecule has 0 atom stereocenters. The number of hydrogen-bond donors (Lipinski definition) is 0. The summed E-state index contributed by atoms with van der Waals surface area (Å²) in [5, 5.41) is 0. The molecule has 0 N–H and O–H groups in total. The van der Waals surface area contributed by atoms with Gasteiger partial charge in [0.05, 0.1) is 13.2 Å². The van der Waals surface area contributed by atoms with Crippen molar-refractivity contribution in [2.75, 3.05) is 13.2 Å². The molecule has 1 aromatic heterocycles. The number of rotatable bonds is 6. The number of nitrogens with zero attached hydrogens (tertiary/aromatic N) is 1. The molecule has 2 heterocycles. The van der Waals surface area contributed by atoms with Gasteiger partial charge >= 0.3 is 0 Å². The lowest BCUT2D eigenvalue weighted by Gasteiger charge is -2.14. The zero-order valence-electron chi connectivity index (χ0n) is 15.1. The second-order valence-electron chi connectivity index (χ2n) is 6.34. The molecule has 5 heteroatoms. The first-order valence-electron chi connectivity index (χ1n) is 8.91. The van der Waals surface area contributed by atoms with Crippen molar-refractivity contribution < 1.29 is 14.2 Å². The van der Waals surface area contributed by atoms with Gasteiger partial charge in [0, 0.05) is 27.7 Å². The minimum absolute atomic E-state index is 0.299. The molecule has 1 fully saturated rings. The molecule has 138 valence electrons. The molecular formula is C22H21NO3S. The molecule has 0 unspecified atom stereocenters. The van der Waals surface area contributed by atoms with Crippen molar-refractivity contribution in [3.8, 4) is 5.75 Å². The van der Waals surface area contributed by atoms with Crippen LogP contribution in [0.1, 0.15) is 23.0 Å². The number of hydrogen-bond acceptors (Lipinski definition) is 5. The summed E-state index contributed by atoms with van der Waals surface area (Å²) < 4.78 is 17.2. The maximum absolute atomic E-state index is 5.90. The molecule has 0 spiro atoms. The Morgan fingerprint density at radius 2 is 1.89 bits per heavy atom. The monoisotopic (exact) mass is 379 g/mol. The van der Waals surface area contributed by atoms with E-state index in [4.69, 9.17) is 14.2 Å². The predicted octanol–water partition coefficient (Wildman–Crippen LogP) is 5.17. The molecule has 3 aromatic rings. The number of aryl methyl sites for hydroxylation is 1. The predicted molar refractivity (Wildman–Crippen MR) is 105 cm³/mol. The number of pyridine rings is 1. The number of ether oxygens (including phenoxy) is 3. The van der Waals surface area contributed by atoms with Crippen molar-refractivity contribution in [1.29, 1.82) is 0 Å². The van der Waals surface area contributed by atoms with Gasteiger partial charge in [-0.1, -0.05) is 41.6 Å². The minimum Gasteiger partial charge on any atom is -0.489 e. The molecule has 0 saturated carbocycles. The number of aromatic nitrogens is 1. The van der Waals surface area contributed by atoms with E-state index < -0.39 is 0 Å². The molecule has 2 aromatic carbocycles. The van der Waals surface area contributed by atoms with Gasteiger partial charge in [0.2, 0.25) is 0 Å². The van der Waals surface area contributed by atoms with Crippen LogP contribution in [0.15, 0.2) is 76.8 Å². The van der Waals surface area contributed by atoms with Crippen LogP contribution in [-0.4, -0.2) is 18.2 Å². The Balaban J connectivity index is 1.41. The normalized spacial score (nSPS) is 14.4. The molecule has 0 radical (unpaired) electrons. The van der Waals surface area contributed by atoms with Gasteiger partial charge < -0.3 is 14.2 Å². The highest BCUT2D eigenvalue weighted by atomic mass is 32.2. The van der Waals surface area contributed by atoms with Gasteiger partial charge in [-0.25, -0.2) is 0 Å². The van der Waals surface area contributed by atoms with Gasteiger partial charge in [0.1, 0.15) is 12.4 Å². The van der Waals surface area contributed by atoms with E-state index in [1.54, 1.807) is 18.0 Å². The van der Waals surface area contributed by atoms with E-state index in [-0.39, 0.29) is 6.29 Å². The second kappa shape index (κ2) is 8.57. The molecule has 1 saturated heterocycles. The number of benzene rings is 2. The summed E-state index contributed by atoms with van der Waals surface area (Å²) in [6.45, 7) is 3.91. The molecule has 4 rings (SSSR count). The Hall–Kier alpha value is -2.34. The average molecular weight is 379 g/mol. The third kappa shape index (κ3) is 4.69. The van der Waals surface area contributed by atoms with E-state index in [1.165, 1.54) is 11.1 Å². The Kier molecular flexibility index (Phi) is 5.72. The van der Waals surface area contributed by atoms with E-state index in [0.29, 0.717) is 19.8 Å². The topological polar surface area (TPSA) is 40.6 Å². The molecule has 1 aliphatic rings. The molecule has 1 aliphatic heterocycles. The lowest BCUT2D eigenvalue weighted by atomic mass is 10.1. The maximum atomic E-state index is 5.90. The summed E-state index contributed by atoms with van der Waals surface area (Å²) in [7, 11) is 0. The van der Waals surface area contributed by atoms with Crippen LogP contribution in [0.25, 0.3) is 0 Å². The fourth-order valence-electron chi connectivity index (χ4n) is 2.91. The summed E-state index contributed by atoms with van der Waals surface area (Å²) in [5.41, 5.74) is 3.43. The average Bonchev–Trinajstić information content (AvgIpc) is 3.23. The summed E-state index contributed by atoms with van der Waals surface area (Å²) in [6, 6.07) is 18.4. The molecular weight excluding hydrogens is 358 g/mol. The third-order valence-electron chi connectivity index (χ3n) is 4.23. The van der Waals surface area contributed by atoms with Crippen LogP contribution in [0.4, 0.5) is 0 Å². The van der Waals surface area contributed by atoms with E-state index in [2.05, 4.69) is 48.3 Å². The zero-order valence-corrected chi connectivity index (χ0v) is 15.9. The minimum atomic E-state index is -0.299. The SMILES string of the molecule is Cc1cccc(COc2ccc(Sc3cnccc3C3OCCO3)cc2)c1. The van der Waals surface area contributed by atoms with Crippen molar-refractivity contribution in [2.24, 2.45) is 0 Å². The van der Waals surface area contributed by atoms with Crippen molar-refractivity contribution in [3.05, 3.63) is 83.7 Å². The van der Waals surface area contributed by atoms with Crippen LogP contribution in [0, 0.1) is 6.92 Å². The summed E-state index contributed by atoms with van der Waals surface area (Å²) in [6.07, 6.45) is 3.33. The summed E-state index contributed by atoms with van der Waals surface area (Å²) >= 11 is 1.65. The molecule has 27 heavy (non-hydrogen) atoms. The standard InChI is InChI=1S/C22H21NO3S/c1-16-3-2-4-17(13-16)15-26-18-5-7-19(8-6-18)27-21-14-23-10-9-20(21)22-24-11-12-25-22/h2-10,13-14,22H,11-12,15H2,1H3. The van der Waals surface area contributed by atoms with E-state index in [9.17, 15) is 0 Å². The summed E-state index contributed by atoms with van der Waals surface area (Å²) in [5.74, 6) is 0.856. The first-order chi connectivity index (χ1) is 13.3. The Morgan fingerprint density at radius 3 is 2.67 bits per heavy atom. The fourth-order valence-corrected chi connectivity index (χ4v) is 3.83. The maximum Gasteiger partial charge on any atom is 0.185 e. The van der Waals surface area contributed by atoms with Gasteiger partial charge in [-0.2, -0.15) is 0 Å². The van der Waals surface area contributed by atoms with Crippen LogP contribution in [0.5, 0.6) is 5.75 Å². The molecule has 0 aliphatic carbocycles. The first-order valence-corrected chi connectivity index (χ1v) is 9.73. The lowest BCUT2D eigenvalue weighted by molar-refractivity contribution is -0.0460. The van der Waals surface area contributed by atoms with Crippen molar-refractivity contribution in [2.45, 2.75) is 29.6 Å².